The number of aromatic nitrogens is 2. The van der Waals surface area contributed by atoms with Gasteiger partial charge in [-0.3, -0.25) is 9.78 Å². The predicted octanol–water partition coefficient (Wildman–Crippen LogP) is 5.10. The van der Waals surface area contributed by atoms with Gasteiger partial charge in [-0.1, -0.05) is 64.5 Å². The first-order valence-corrected chi connectivity index (χ1v) is 11.3. The van der Waals surface area contributed by atoms with Crippen LogP contribution in [0.2, 0.25) is 0 Å². The zero-order valence-corrected chi connectivity index (χ0v) is 20.2. The van der Waals surface area contributed by atoms with Crippen molar-refractivity contribution >= 4 is 28.1 Å². The Bertz CT molecular complexity index is 1450. The highest BCUT2D eigenvalue weighted by Crippen LogP contribution is 2.31. The minimum atomic E-state index is -0.557. The number of hydrogen-bond donors (Lipinski definition) is 2. The van der Waals surface area contributed by atoms with E-state index >= 15 is 0 Å². The van der Waals surface area contributed by atoms with Gasteiger partial charge in [0.1, 0.15) is 18.2 Å². The third-order valence-corrected chi connectivity index (χ3v) is 5.51. The maximum atomic E-state index is 12.4. The van der Waals surface area contributed by atoms with Crippen LogP contribution < -0.4 is 20.5 Å². The molecule has 0 aliphatic rings. The topological polar surface area (TPSA) is 112 Å². The first-order chi connectivity index (χ1) is 17.1. The number of benzene rings is 3. The van der Waals surface area contributed by atoms with Crippen LogP contribution in [0, 0.1) is 11.3 Å². The lowest BCUT2D eigenvalue weighted by atomic mass is 10.1. The van der Waals surface area contributed by atoms with Crippen LogP contribution in [0.3, 0.4) is 0 Å². The Balaban J connectivity index is 1.58. The van der Waals surface area contributed by atoms with E-state index in [0.29, 0.717) is 29.2 Å². The number of nitrogens with one attached hydrogen (secondary N) is 2. The number of methoxy groups -OCH3 is 1. The van der Waals surface area contributed by atoms with Gasteiger partial charge >= 0.3 is 0 Å². The molecule has 0 amide bonds. The van der Waals surface area contributed by atoms with Gasteiger partial charge in [-0.15, -0.1) is 0 Å². The molecule has 0 saturated carbocycles. The van der Waals surface area contributed by atoms with Crippen molar-refractivity contribution in [2.24, 2.45) is 5.10 Å². The second-order valence-corrected chi connectivity index (χ2v) is 8.20. The maximum Gasteiger partial charge on any atom is 0.270 e. The second-order valence-electron chi connectivity index (χ2n) is 7.28. The smallest absolute Gasteiger partial charge is 0.270 e. The number of H-pyrrole nitrogens is 1. The number of halogens is 1. The van der Waals surface area contributed by atoms with Gasteiger partial charge in [0.25, 0.3) is 5.56 Å². The van der Waals surface area contributed by atoms with Crippen molar-refractivity contribution in [1.29, 1.82) is 5.26 Å². The van der Waals surface area contributed by atoms with Gasteiger partial charge in [0.15, 0.2) is 11.5 Å². The van der Waals surface area contributed by atoms with E-state index in [0.717, 1.165) is 10.0 Å². The quantitative estimate of drug-likeness (QED) is 0.242. The molecule has 3 aromatic carbocycles. The highest BCUT2D eigenvalue weighted by Gasteiger charge is 2.13. The summed E-state index contributed by atoms with van der Waals surface area (Å²) in [5.41, 5.74) is 4.69. The number of nitriles is 1. The van der Waals surface area contributed by atoms with Crippen LogP contribution >= 0.6 is 15.9 Å². The molecule has 9 heteroatoms. The number of hydrogen-bond acceptors (Lipinski definition) is 7. The van der Waals surface area contributed by atoms with E-state index in [2.05, 4.69) is 36.4 Å². The highest BCUT2D eigenvalue weighted by molar-refractivity contribution is 9.10. The Hall–Kier alpha value is -4.42. The molecule has 35 heavy (non-hydrogen) atoms. The lowest BCUT2D eigenvalue weighted by molar-refractivity contribution is 0.284. The number of anilines is 1. The molecule has 0 saturated heterocycles. The number of nitrogens with zero attached hydrogens (tertiary/aromatic N) is 3. The number of rotatable bonds is 8. The molecule has 0 spiro atoms. The van der Waals surface area contributed by atoms with E-state index in [1.54, 1.807) is 31.5 Å². The van der Waals surface area contributed by atoms with Gasteiger partial charge in [-0.05, 0) is 29.8 Å². The van der Waals surface area contributed by atoms with Gasteiger partial charge in [0, 0.05) is 15.6 Å². The molecule has 0 fully saturated rings. The van der Waals surface area contributed by atoms with Crippen molar-refractivity contribution < 1.29 is 9.47 Å². The summed E-state index contributed by atoms with van der Waals surface area (Å²) >= 11 is 3.43. The zero-order valence-electron chi connectivity index (χ0n) is 18.7. The summed E-state index contributed by atoms with van der Waals surface area (Å²) in [6.07, 6.45) is 1.54. The predicted molar refractivity (Wildman–Crippen MR) is 138 cm³/mol. The molecule has 4 rings (SSSR count). The van der Waals surface area contributed by atoms with Crippen LogP contribution in [-0.2, 0) is 6.61 Å². The number of hydrazone groups is 1. The summed E-state index contributed by atoms with van der Waals surface area (Å²) in [5, 5.41) is 13.6. The molecule has 8 nitrogen and oxygen atoms in total. The Labute approximate surface area is 210 Å². The lowest BCUT2D eigenvalue weighted by Gasteiger charge is -2.13. The Kier molecular flexibility index (Phi) is 7.55. The van der Waals surface area contributed by atoms with Crippen LogP contribution in [0.4, 0.5) is 5.95 Å². The minimum Gasteiger partial charge on any atom is -0.493 e. The van der Waals surface area contributed by atoms with E-state index in [4.69, 9.17) is 9.47 Å². The van der Waals surface area contributed by atoms with E-state index in [9.17, 15) is 10.1 Å². The van der Waals surface area contributed by atoms with Gasteiger partial charge in [-0.2, -0.15) is 10.4 Å². The summed E-state index contributed by atoms with van der Waals surface area (Å²) in [7, 11) is 1.57. The van der Waals surface area contributed by atoms with E-state index in [1.165, 1.54) is 0 Å². The molecule has 0 unspecified atom stereocenters. The van der Waals surface area contributed by atoms with Crippen molar-refractivity contribution in [3.8, 4) is 28.8 Å². The number of aromatic amines is 1. The third-order valence-electron chi connectivity index (χ3n) is 4.98. The SMILES string of the molecule is COc1cccc(C=NNc2nc(-c3ccccc3)c(C#N)c(=O)[nH]2)c1OCc1ccc(Br)cc1. The Morgan fingerprint density at radius 3 is 2.60 bits per heavy atom. The third kappa shape index (κ3) is 5.75. The minimum absolute atomic E-state index is 0.0675. The van der Waals surface area contributed by atoms with Gasteiger partial charge in [0.2, 0.25) is 5.95 Å². The van der Waals surface area contributed by atoms with Crippen molar-refractivity contribution in [3.05, 3.63) is 104 Å². The molecule has 1 heterocycles. The van der Waals surface area contributed by atoms with Crippen LogP contribution in [0.15, 0.2) is 87.2 Å². The normalized spacial score (nSPS) is 10.7. The van der Waals surface area contributed by atoms with Gasteiger partial charge in [-0.25, -0.2) is 10.4 Å². The molecule has 2 N–H and O–H groups in total. The molecule has 1 aromatic heterocycles. The average molecular weight is 530 g/mol. The molecular weight excluding hydrogens is 510 g/mol. The molecule has 0 aliphatic carbocycles. The van der Waals surface area contributed by atoms with Gasteiger partial charge in [0.05, 0.1) is 19.0 Å². The molecule has 0 aliphatic heterocycles. The van der Waals surface area contributed by atoms with Crippen LogP contribution in [-0.4, -0.2) is 23.3 Å². The lowest BCUT2D eigenvalue weighted by Crippen LogP contribution is -2.16. The second kappa shape index (κ2) is 11.1. The van der Waals surface area contributed by atoms with E-state index < -0.39 is 5.56 Å². The van der Waals surface area contributed by atoms with Crippen LogP contribution in [0.1, 0.15) is 16.7 Å². The molecule has 174 valence electrons. The zero-order chi connectivity index (χ0) is 24.6. The van der Waals surface area contributed by atoms with Crippen molar-refractivity contribution in [1.82, 2.24) is 9.97 Å². The molecule has 0 bridgehead atoms. The summed E-state index contributed by atoms with van der Waals surface area (Å²) in [6, 6.07) is 24.2. The molecule has 4 aromatic rings. The summed E-state index contributed by atoms with van der Waals surface area (Å²) in [6.45, 7) is 0.340. The van der Waals surface area contributed by atoms with E-state index in [-0.39, 0.29) is 17.2 Å². The average Bonchev–Trinajstić information content (AvgIpc) is 2.89. The maximum absolute atomic E-state index is 12.4. The number of para-hydroxylation sites is 1. The summed E-state index contributed by atoms with van der Waals surface area (Å²) in [5.74, 6) is 1.18. The summed E-state index contributed by atoms with van der Waals surface area (Å²) in [4.78, 5) is 19.3. The van der Waals surface area contributed by atoms with Crippen LogP contribution in [0.5, 0.6) is 11.5 Å². The first kappa shape index (κ1) is 23.7. The fraction of sp³-hybridized carbons (Fsp3) is 0.0769. The van der Waals surface area contributed by atoms with Crippen molar-refractivity contribution in [2.45, 2.75) is 6.61 Å². The van der Waals surface area contributed by atoms with Gasteiger partial charge < -0.3 is 9.47 Å². The fourth-order valence-corrected chi connectivity index (χ4v) is 3.55. The monoisotopic (exact) mass is 529 g/mol. The summed E-state index contributed by atoms with van der Waals surface area (Å²) < 4.78 is 12.5. The largest absolute Gasteiger partial charge is 0.493 e. The van der Waals surface area contributed by atoms with Crippen molar-refractivity contribution in [2.75, 3.05) is 12.5 Å². The van der Waals surface area contributed by atoms with Crippen molar-refractivity contribution in [3.63, 3.8) is 0 Å². The highest BCUT2D eigenvalue weighted by atomic mass is 79.9. The van der Waals surface area contributed by atoms with E-state index in [1.807, 2.05) is 60.7 Å². The molecule has 0 atom stereocenters. The first-order valence-electron chi connectivity index (χ1n) is 10.5. The number of ether oxygens (including phenoxy) is 2. The molecular formula is C26H20BrN5O3. The Morgan fingerprint density at radius 2 is 1.89 bits per heavy atom. The molecule has 0 radical (unpaired) electrons. The van der Waals surface area contributed by atoms with Crippen LogP contribution in [0.25, 0.3) is 11.3 Å². The standard InChI is InChI=1S/C26H20BrN5O3/c1-34-22-9-5-8-19(24(22)35-16-17-10-12-20(27)13-11-17)15-29-32-26-30-23(18-6-3-2-4-7-18)21(14-28)25(33)31-26/h2-13,15H,16H2,1H3,(H2,30,31,32,33). The Morgan fingerprint density at radius 1 is 1.11 bits per heavy atom. The fourth-order valence-electron chi connectivity index (χ4n) is 3.28.